The van der Waals surface area contributed by atoms with Gasteiger partial charge in [-0.1, -0.05) is 265 Å². The zero-order valence-corrected chi connectivity index (χ0v) is 45.5. The molecule has 398 valence electrons. The summed E-state index contributed by atoms with van der Waals surface area (Å²) in [7, 11) is 0. The summed E-state index contributed by atoms with van der Waals surface area (Å²) in [4.78, 5) is 38.1. The predicted molar refractivity (Wildman–Crippen MR) is 302 cm³/mol. The largest absolute Gasteiger partial charge is 0.462 e. The van der Waals surface area contributed by atoms with Crippen LogP contribution in [0.15, 0.2) is 109 Å². The van der Waals surface area contributed by atoms with Crippen molar-refractivity contribution in [2.24, 2.45) is 0 Å². The molecule has 0 saturated carbocycles. The summed E-state index contributed by atoms with van der Waals surface area (Å²) >= 11 is 0. The van der Waals surface area contributed by atoms with Gasteiger partial charge in [0.1, 0.15) is 13.2 Å². The molecular weight excluding hydrogens is 865 g/mol. The van der Waals surface area contributed by atoms with Crippen LogP contribution >= 0.6 is 0 Å². The number of hydrogen-bond acceptors (Lipinski definition) is 6. The van der Waals surface area contributed by atoms with E-state index in [1.807, 2.05) is 12.2 Å². The molecule has 0 aromatic heterocycles. The molecule has 0 rings (SSSR count). The summed E-state index contributed by atoms with van der Waals surface area (Å²) in [5, 5.41) is 0. The van der Waals surface area contributed by atoms with E-state index in [-0.39, 0.29) is 44.0 Å². The van der Waals surface area contributed by atoms with Crippen LogP contribution in [0, 0.1) is 0 Å². The summed E-state index contributed by atoms with van der Waals surface area (Å²) in [6, 6.07) is 0. The number of esters is 3. The third-order valence-corrected chi connectivity index (χ3v) is 12.0. The summed E-state index contributed by atoms with van der Waals surface area (Å²) < 4.78 is 16.7. The van der Waals surface area contributed by atoms with Gasteiger partial charge in [0.05, 0.1) is 0 Å². The van der Waals surface area contributed by atoms with Crippen LogP contribution in [0.25, 0.3) is 0 Å². The fourth-order valence-electron chi connectivity index (χ4n) is 7.79. The molecule has 0 saturated heterocycles. The van der Waals surface area contributed by atoms with E-state index < -0.39 is 6.10 Å². The lowest BCUT2D eigenvalue weighted by atomic mass is 10.0. The first kappa shape index (κ1) is 66.1. The summed E-state index contributed by atoms with van der Waals surface area (Å²) in [5.41, 5.74) is 0. The maximum absolute atomic E-state index is 12.8. The average molecular weight is 972 g/mol. The summed E-state index contributed by atoms with van der Waals surface area (Å²) in [5.74, 6) is -1.06. The Morgan fingerprint density at radius 1 is 0.300 bits per heavy atom. The van der Waals surface area contributed by atoms with E-state index in [1.165, 1.54) is 122 Å². The van der Waals surface area contributed by atoms with Crippen molar-refractivity contribution in [1.29, 1.82) is 0 Å². The number of rotatable bonds is 51. The van der Waals surface area contributed by atoms with Gasteiger partial charge in [-0.3, -0.25) is 14.4 Å². The lowest BCUT2D eigenvalue weighted by Crippen LogP contribution is -2.30. The Labute approximate surface area is 431 Å². The van der Waals surface area contributed by atoms with Gasteiger partial charge in [0, 0.05) is 19.3 Å². The van der Waals surface area contributed by atoms with E-state index >= 15 is 0 Å². The molecule has 6 nitrogen and oxygen atoms in total. The van der Waals surface area contributed by atoms with Crippen molar-refractivity contribution >= 4 is 17.9 Å². The molecule has 1 unspecified atom stereocenters. The minimum atomic E-state index is -0.837. The molecule has 0 aliphatic heterocycles. The zero-order valence-electron chi connectivity index (χ0n) is 45.5. The van der Waals surface area contributed by atoms with Gasteiger partial charge in [-0.15, -0.1) is 0 Å². The smallest absolute Gasteiger partial charge is 0.306 e. The van der Waals surface area contributed by atoms with E-state index in [4.69, 9.17) is 14.2 Å². The average Bonchev–Trinajstić information content (AvgIpc) is 3.36. The zero-order chi connectivity index (χ0) is 50.7. The molecule has 0 spiro atoms. The van der Waals surface area contributed by atoms with Crippen LogP contribution in [0.1, 0.15) is 258 Å². The molecule has 0 aromatic rings. The number of ether oxygens (including phenoxy) is 3. The van der Waals surface area contributed by atoms with E-state index in [9.17, 15) is 14.4 Å². The summed E-state index contributed by atoms with van der Waals surface area (Å²) in [6.45, 7) is 6.31. The molecule has 0 fully saturated rings. The SMILES string of the molecule is CC/C=C\C/C=C\C/C=C\C/C=C\C/C=C\CCCC(=O)OC(COC(=O)CC/C=C\C/C=C\C/C=C\C/C=C\CC)COC(=O)CCCCCCCCCCCCCCCCCCCCCCCC. The van der Waals surface area contributed by atoms with Crippen molar-refractivity contribution in [3.63, 3.8) is 0 Å². The highest BCUT2D eigenvalue weighted by atomic mass is 16.6. The number of hydrogen-bond donors (Lipinski definition) is 0. The second-order valence-corrected chi connectivity index (χ2v) is 18.8. The van der Waals surface area contributed by atoms with Crippen LogP contribution in [-0.4, -0.2) is 37.2 Å². The first-order valence-electron chi connectivity index (χ1n) is 28.9. The molecule has 1 atom stereocenters. The first-order valence-corrected chi connectivity index (χ1v) is 28.9. The minimum absolute atomic E-state index is 0.122. The number of allylic oxidation sites excluding steroid dienone is 18. The minimum Gasteiger partial charge on any atom is -0.462 e. The predicted octanol–water partition coefficient (Wildman–Crippen LogP) is 19.5. The van der Waals surface area contributed by atoms with E-state index in [1.54, 1.807) is 0 Å². The van der Waals surface area contributed by atoms with Crippen molar-refractivity contribution < 1.29 is 28.6 Å². The van der Waals surface area contributed by atoms with Crippen molar-refractivity contribution in [3.05, 3.63) is 109 Å². The molecule has 0 N–H and O–H groups in total. The highest BCUT2D eigenvalue weighted by Crippen LogP contribution is 2.16. The number of unbranched alkanes of at least 4 members (excludes halogenated alkanes) is 22. The van der Waals surface area contributed by atoms with Gasteiger partial charge in [-0.25, -0.2) is 0 Å². The van der Waals surface area contributed by atoms with Crippen LogP contribution in [0.3, 0.4) is 0 Å². The van der Waals surface area contributed by atoms with Gasteiger partial charge in [-0.05, 0) is 83.5 Å². The maximum Gasteiger partial charge on any atom is 0.306 e. The van der Waals surface area contributed by atoms with Crippen molar-refractivity contribution in [3.8, 4) is 0 Å². The number of carbonyl (C=O) groups is 3. The number of carbonyl (C=O) groups excluding carboxylic acids is 3. The van der Waals surface area contributed by atoms with E-state index in [0.29, 0.717) is 19.3 Å². The van der Waals surface area contributed by atoms with Gasteiger partial charge in [0.2, 0.25) is 0 Å². The molecule has 0 aliphatic carbocycles. The van der Waals surface area contributed by atoms with Crippen LogP contribution in [0.2, 0.25) is 0 Å². The third kappa shape index (κ3) is 55.0. The van der Waals surface area contributed by atoms with Crippen LogP contribution < -0.4 is 0 Å². The normalized spacial score (nSPS) is 12.9. The monoisotopic (exact) mass is 971 g/mol. The second kappa shape index (κ2) is 57.6. The molecule has 0 bridgehead atoms. The fraction of sp³-hybridized carbons (Fsp3) is 0.672. The Morgan fingerprint density at radius 2 is 0.586 bits per heavy atom. The molecule has 6 heteroatoms. The highest BCUT2D eigenvalue weighted by Gasteiger charge is 2.19. The quantitative estimate of drug-likeness (QED) is 0.0262. The lowest BCUT2D eigenvalue weighted by molar-refractivity contribution is -0.166. The first-order chi connectivity index (χ1) is 34.5. The Hall–Kier alpha value is -3.93. The van der Waals surface area contributed by atoms with Gasteiger partial charge in [0.15, 0.2) is 6.10 Å². The fourth-order valence-corrected chi connectivity index (χ4v) is 7.79. The topological polar surface area (TPSA) is 78.9 Å². The molecule has 0 aromatic carbocycles. The molecule has 0 heterocycles. The van der Waals surface area contributed by atoms with Gasteiger partial charge in [-0.2, -0.15) is 0 Å². The van der Waals surface area contributed by atoms with Crippen LogP contribution in [-0.2, 0) is 28.6 Å². The molecule has 0 amide bonds. The van der Waals surface area contributed by atoms with Crippen molar-refractivity contribution in [2.75, 3.05) is 13.2 Å². The van der Waals surface area contributed by atoms with E-state index in [2.05, 4.69) is 118 Å². The lowest BCUT2D eigenvalue weighted by Gasteiger charge is -2.18. The van der Waals surface area contributed by atoms with Crippen molar-refractivity contribution in [1.82, 2.24) is 0 Å². The van der Waals surface area contributed by atoms with E-state index in [0.717, 1.165) is 83.5 Å². The Kier molecular flexibility index (Phi) is 54.4. The van der Waals surface area contributed by atoms with Gasteiger partial charge in [0.25, 0.3) is 0 Å². The molecular formula is C64H106O6. The van der Waals surface area contributed by atoms with Crippen LogP contribution in [0.4, 0.5) is 0 Å². The molecule has 0 aliphatic rings. The van der Waals surface area contributed by atoms with Crippen LogP contribution in [0.5, 0.6) is 0 Å². The van der Waals surface area contributed by atoms with Crippen molar-refractivity contribution in [2.45, 2.75) is 264 Å². The standard InChI is InChI=1S/C64H106O6/c1-4-7-10-13-16-19-22-25-27-29-30-31-32-33-35-36-39-42-45-48-51-54-57-63(66)69-60-61(59-68-62(65)56-53-50-47-44-41-38-24-21-18-15-12-9-6-3)70-64(67)58-55-52-49-46-43-40-37-34-28-26-23-20-17-14-11-8-5-2/h8-9,11-12,17-18,20-21,26,28,37-38,40-41,46-47,49-50,61H,4-7,10,13-16,19,22-25,27,29-36,39,42-45,48,51-60H2,1-3H3/b11-8-,12-9-,20-17-,21-18-,28-26-,40-37-,41-38-,49-46-,50-47-. The van der Waals surface area contributed by atoms with Gasteiger partial charge < -0.3 is 14.2 Å². The third-order valence-electron chi connectivity index (χ3n) is 12.0. The Morgan fingerprint density at radius 3 is 0.943 bits per heavy atom. The molecule has 70 heavy (non-hydrogen) atoms. The Bertz CT molecular complexity index is 1440. The summed E-state index contributed by atoms with van der Waals surface area (Å²) in [6.07, 6.45) is 78.3. The molecule has 0 radical (unpaired) electrons. The maximum atomic E-state index is 12.8. The Balaban J connectivity index is 4.44. The van der Waals surface area contributed by atoms with Gasteiger partial charge >= 0.3 is 17.9 Å². The second-order valence-electron chi connectivity index (χ2n) is 18.8. The highest BCUT2D eigenvalue weighted by molar-refractivity contribution is 5.71.